The molecule has 3 nitrogen and oxygen atoms in total. The molecule has 19 heavy (non-hydrogen) atoms. The first-order chi connectivity index (χ1) is 9.20. The predicted octanol–water partition coefficient (Wildman–Crippen LogP) is 2.99. The quantitative estimate of drug-likeness (QED) is 0.890. The maximum atomic E-state index is 5.96. The zero-order valence-electron chi connectivity index (χ0n) is 10.6. The van der Waals surface area contributed by atoms with Crippen molar-refractivity contribution in [1.29, 1.82) is 0 Å². The lowest BCUT2D eigenvalue weighted by atomic mass is 10.1. The molecular formula is C15H17BrN2O. The van der Waals surface area contributed by atoms with E-state index in [4.69, 9.17) is 16.2 Å². The third kappa shape index (κ3) is 3.80. The van der Waals surface area contributed by atoms with E-state index in [1.165, 1.54) is 0 Å². The van der Waals surface area contributed by atoms with E-state index in [0.29, 0.717) is 13.2 Å². The van der Waals surface area contributed by atoms with Gasteiger partial charge >= 0.3 is 0 Å². The minimum Gasteiger partial charge on any atom is -0.489 e. The smallest absolute Gasteiger partial charge is 0.120 e. The van der Waals surface area contributed by atoms with E-state index in [-0.39, 0.29) is 6.04 Å². The molecule has 0 heterocycles. The Morgan fingerprint density at radius 1 is 1.11 bits per heavy atom. The van der Waals surface area contributed by atoms with Gasteiger partial charge in [0.25, 0.3) is 0 Å². The molecule has 0 amide bonds. The average Bonchev–Trinajstić information content (AvgIpc) is 2.46. The van der Waals surface area contributed by atoms with Crippen LogP contribution in [-0.2, 0) is 6.61 Å². The summed E-state index contributed by atoms with van der Waals surface area (Å²) in [6, 6.07) is 15.6. The first kappa shape index (κ1) is 14.1. The van der Waals surface area contributed by atoms with Crippen LogP contribution < -0.4 is 16.2 Å². The number of hydrogen-bond acceptors (Lipinski definition) is 3. The molecule has 0 saturated carbocycles. The first-order valence-electron chi connectivity index (χ1n) is 6.12. The van der Waals surface area contributed by atoms with E-state index >= 15 is 0 Å². The van der Waals surface area contributed by atoms with E-state index < -0.39 is 0 Å². The maximum Gasteiger partial charge on any atom is 0.120 e. The van der Waals surface area contributed by atoms with Crippen molar-refractivity contribution in [3.8, 4) is 5.75 Å². The van der Waals surface area contributed by atoms with Crippen LogP contribution in [0.2, 0.25) is 0 Å². The topological polar surface area (TPSA) is 61.3 Å². The summed E-state index contributed by atoms with van der Waals surface area (Å²) in [5.41, 5.74) is 13.7. The van der Waals surface area contributed by atoms with Crippen LogP contribution in [0.5, 0.6) is 5.75 Å². The Hall–Kier alpha value is -1.36. The fraction of sp³-hybridized carbons (Fsp3) is 0.200. The molecule has 1 unspecified atom stereocenters. The summed E-state index contributed by atoms with van der Waals surface area (Å²) < 4.78 is 6.72. The SMILES string of the molecule is NCC(N)c1cc(OCc2ccccc2)ccc1Br. The Morgan fingerprint density at radius 3 is 2.53 bits per heavy atom. The predicted molar refractivity (Wildman–Crippen MR) is 80.9 cm³/mol. The Kier molecular flexibility index (Phi) is 4.96. The van der Waals surface area contributed by atoms with Crippen molar-refractivity contribution in [1.82, 2.24) is 0 Å². The lowest BCUT2D eigenvalue weighted by molar-refractivity contribution is 0.305. The molecule has 0 saturated heterocycles. The second-order valence-corrected chi connectivity index (χ2v) is 5.15. The molecule has 0 aromatic heterocycles. The summed E-state index contributed by atoms with van der Waals surface area (Å²) in [6.45, 7) is 0.945. The van der Waals surface area contributed by atoms with Gasteiger partial charge in [-0.3, -0.25) is 0 Å². The fourth-order valence-corrected chi connectivity index (χ4v) is 2.30. The Labute approximate surface area is 121 Å². The van der Waals surface area contributed by atoms with Crippen molar-refractivity contribution < 1.29 is 4.74 Å². The molecule has 2 aromatic rings. The third-order valence-corrected chi connectivity index (χ3v) is 3.59. The summed E-state index contributed by atoms with van der Waals surface area (Å²) in [5.74, 6) is 0.797. The zero-order chi connectivity index (χ0) is 13.7. The molecule has 2 aromatic carbocycles. The van der Waals surface area contributed by atoms with E-state index in [2.05, 4.69) is 15.9 Å². The molecule has 0 aliphatic heterocycles. The molecule has 2 rings (SSSR count). The van der Waals surface area contributed by atoms with Crippen LogP contribution >= 0.6 is 15.9 Å². The van der Waals surface area contributed by atoms with Crippen molar-refractivity contribution >= 4 is 15.9 Å². The molecule has 1 atom stereocenters. The number of nitrogens with two attached hydrogens (primary N) is 2. The summed E-state index contributed by atoms with van der Waals surface area (Å²) in [6.07, 6.45) is 0. The first-order valence-corrected chi connectivity index (χ1v) is 6.92. The largest absolute Gasteiger partial charge is 0.489 e. The second kappa shape index (κ2) is 6.70. The Balaban J connectivity index is 2.09. The van der Waals surface area contributed by atoms with Crippen LogP contribution in [0.1, 0.15) is 17.2 Å². The average molecular weight is 321 g/mol. The lowest BCUT2D eigenvalue weighted by Crippen LogP contribution is -2.21. The zero-order valence-corrected chi connectivity index (χ0v) is 12.1. The van der Waals surface area contributed by atoms with Crippen LogP contribution in [-0.4, -0.2) is 6.54 Å². The molecule has 0 radical (unpaired) electrons. The molecule has 0 aliphatic rings. The van der Waals surface area contributed by atoms with Gasteiger partial charge in [0.05, 0.1) is 0 Å². The second-order valence-electron chi connectivity index (χ2n) is 4.30. The van der Waals surface area contributed by atoms with Crippen LogP contribution in [0.15, 0.2) is 53.0 Å². The monoisotopic (exact) mass is 320 g/mol. The molecule has 0 fully saturated rings. The highest BCUT2D eigenvalue weighted by molar-refractivity contribution is 9.10. The normalized spacial score (nSPS) is 12.2. The van der Waals surface area contributed by atoms with Gasteiger partial charge in [-0.1, -0.05) is 46.3 Å². The van der Waals surface area contributed by atoms with Gasteiger partial charge in [0.2, 0.25) is 0 Å². The van der Waals surface area contributed by atoms with Crippen LogP contribution in [0.3, 0.4) is 0 Å². The van der Waals surface area contributed by atoms with Gasteiger partial charge in [0.1, 0.15) is 12.4 Å². The Morgan fingerprint density at radius 2 is 1.84 bits per heavy atom. The lowest BCUT2D eigenvalue weighted by Gasteiger charge is -2.14. The summed E-state index contributed by atoms with van der Waals surface area (Å²) >= 11 is 3.48. The van der Waals surface area contributed by atoms with E-state index in [9.17, 15) is 0 Å². The van der Waals surface area contributed by atoms with Gasteiger partial charge in [-0.15, -0.1) is 0 Å². The number of ether oxygens (including phenoxy) is 1. The molecule has 100 valence electrons. The summed E-state index contributed by atoms with van der Waals surface area (Å²) in [7, 11) is 0. The van der Waals surface area contributed by atoms with Crippen molar-refractivity contribution in [3.05, 3.63) is 64.1 Å². The fourth-order valence-electron chi connectivity index (χ4n) is 1.76. The van der Waals surface area contributed by atoms with Gasteiger partial charge in [0.15, 0.2) is 0 Å². The highest BCUT2D eigenvalue weighted by Gasteiger charge is 2.09. The molecular weight excluding hydrogens is 304 g/mol. The van der Waals surface area contributed by atoms with Crippen molar-refractivity contribution in [2.75, 3.05) is 6.54 Å². The standard InChI is InChI=1S/C15H17BrN2O/c16-14-7-6-12(8-13(14)15(18)9-17)19-10-11-4-2-1-3-5-11/h1-8,15H,9-10,17-18H2. The number of benzene rings is 2. The van der Waals surface area contributed by atoms with Crippen molar-refractivity contribution in [3.63, 3.8) is 0 Å². The number of halogens is 1. The highest BCUT2D eigenvalue weighted by atomic mass is 79.9. The molecule has 4 heteroatoms. The summed E-state index contributed by atoms with van der Waals surface area (Å²) in [5, 5.41) is 0. The van der Waals surface area contributed by atoms with Crippen LogP contribution in [0.25, 0.3) is 0 Å². The van der Waals surface area contributed by atoms with E-state index in [0.717, 1.165) is 21.3 Å². The maximum absolute atomic E-state index is 5.96. The highest BCUT2D eigenvalue weighted by Crippen LogP contribution is 2.26. The van der Waals surface area contributed by atoms with E-state index in [1.807, 2.05) is 48.5 Å². The van der Waals surface area contributed by atoms with Gasteiger partial charge < -0.3 is 16.2 Å². The molecule has 4 N–H and O–H groups in total. The molecule has 0 aliphatic carbocycles. The van der Waals surface area contributed by atoms with Gasteiger partial charge in [-0.2, -0.15) is 0 Å². The molecule has 0 bridgehead atoms. The van der Waals surface area contributed by atoms with E-state index in [1.54, 1.807) is 0 Å². The van der Waals surface area contributed by atoms with Gasteiger partial charge in [-0.25, -0.2) is 0 Å². The number of rotatable bonds is 5. The van der Waals surface area contributed by atoms with Gasteiger partial charge in [0, 0.05) is 17.1 Å². The number of hydrogen-bond donors (Lipinski definition) is 2. The molecule has 0 spiro atoms. The van der Waals surface area contributed by atoms with Crippen molar-refractivity contribution in [2.24, 2.45) is 11.5 Å². The third-order valence-electron chi connectivity index (χ3n) is 2.87. The van der Waals surface area contributed by atoms with Gasteiger partial charge in [-0.05, 0) is 29.3 Å². The van der Waals surface area contributed by atoms with Crippen LogP contribution in [0.4, 0.5) is 0 Å². The Bertz CT molecular complexity index is 531. The minimum atomic E-state index is -0.186. The summed E-state index contributed by atoms with van der Waals surface area (Å²) in [4.78, 5) is 0. The van der Waals surface area contributed by atoms with Crippen LogP contribution in [0, 0.1) is 0 Å². The minimum absolute atomic E-state index is 0.186. The van der Waals surface area contributed by atoms with Crippen molar-refractivity contribution in [2.45, 2.75) is 12.6 Å².